The van der Waals surface area contributed by atoms with Crippen molar-refractivity contribution in [1.82, 2.24) is 0 Å². The van der Waals surface area contributed by atoms with E-state index in [1.54, 1.807) is 13.8 Å². The van der Waals surface area contributed by atoms with E-state index in [0.29, 0.717) is 19.3 Å². The van der Waals surface area contributed by atoms with Crippen LogP contribution in [0.1, 0.15) is 65.4 Å². The predicted octanol–water partition coefficient (Wildman–Crippen LogP) is 4.66. The van der Waals surface area contributed by atoms with Gasteiger partial charge in [-0.3, -0.25) is 4.79 Å². The molecule has 0 N–H and O–H groups in total. The maximum absolute atomic E-state index is 12.2. The Hall–Kier alpha value is -1.36. The molecule has 1 saturated heterocycles. The second-order valence-electron chi connectivity index (χ2n) is 8.96. The maximum atomic E-state index is 12.2. The predicted molar refractivity (Wildman–Crippen MR) is 118 cm³/mol. The van der Waals surface area contributed by atoms with E-state index in [9.17, 15) is 13.2 Å². The van der Waals surface area contributed by atoms with Crippen molar-refractivity contribution in [2.45, 2.75) is 71.5 Å². The fourth-order valence-corrected chi connectivity index (χ4v) is 5.13. The Morgan fingerprint density at radius 3 is 2.21 bits per heavy atom. The summed E-state index contributed by atoms with van der Waals surface area (Å²) < 4.78 is 23.6. The molecule has 0 bridgehead atoms. The highest BCUT2D eigenvalue weighted by atomic mass is 32.2. The highest BCUT2D eigenvalue weighted by Crippen LogP contribution is 2.26. The summed E-state index contributed by atoms with van der Waals surface area (Å²) in [5.74, 6) is 1.91. The zero-order valence-corrected chi connectivity index (χ0v) is 18.8. The van der Waals surface area contributed by atoms with Gasteiger partial charge in [0.25, 0.3) is 0 Å². The molecule has 1 fully saturated rings. The van der Waals surface area contributed by atoms with Crippen LogP contribution in [0.25, 0.3) is 0 Å². The summed E-state index contributed by atoms with van der Waals surface area (Å²) in [4.78, 5) is 14.7. The fraction of sp³-hybridized carbons (Fsp3) is 0.696. The van der Waals surface area contributed by atoms with Crippen LogP contribution < -0.4 is 4.90 Å². The van der Waals surface area contributed by atoms with Gasteiger partial charge in [-0.05, 0) is 62.6 Å². The third kappa shape index (κ3) is 7.23. The van der Waals surface area contributed by atoms with Gasteiger partial charge in [-0.1, -0.05) is 32.4 Å². The Labute approximate surface area is 171 Å². The molecular weight excluding hydrogens is 370 g/mol. The molecule has 0 aromatic heterocycles. The lowest BCUT2D eigenvalue weighted by atomic mass is 9.91. The molecule has 0 unspecified atom stereocenters. The largest absolute Gasteiger partial charge is 0.371 e. The molecule has 1 aliphatic heterocycles. The molecule has 1 aromatic carbocycles. The molecule has 0 amide bonds. The average Bonchev–Trinajstić information content (AvgIpc) is 2.61. The number of hydrogen-bond acceptors (Lipinski definition) is 4. The number of sulfone groups is 1. The van der Waals surface area contributed by atoms with Crippen molar-refractivity contribution >= 4 is 21.3 Å². The molecule has 1 aromatic rings. The number of piperidine rings is 1. The summed E-state index contributed by atoms with van der Waals surface area (Å²) in [6.07, 6.45) is 4.51. The summed E-state index contributed by atoms with van der Waals surface area (Å²) in [6, 6.07) is 8.44. The number of benzene rings is 1. The molecule has 2 rings (SSSR count). The Balaban J connectivity index is 1.72. The topological polar surface area (TPSA) is 54.5 Å². The summed E-state index contributed by atoms with van der Waals surface area (Å²) in [7, 11) is -2.96. The van der Waals surface area contributed by atoms with E-state index >= 15 is 0 Å². The highest BCUT2D eigenvalue weighted by molar-refractivity contribution is 7.91. The number of rotatable bonds is 10. The van der Waals surface area contributed by atoms with Gasteiger partial charge in [-0.25, -0.2) is 8.42 Å². The standard InChI is InChI=1S/C23H37NO3S/c1-18(2)28(26,27)13-7-5-6-8-23(25)15-21-9-11-22(12-10-21)24-16-19(3)14-20(4)17-24/h9-12,18-20H,5-8,13-17H2,1-4H3/t19-,20+. The van der Waals surface area contributed by atoms with Crippen LogP contribution in [-0.2, 0) is 21.1 Å². The highest BCUT2D eigenvalue weighted by Gasteiger charge is 2.22. The van der Waals surface area contributed by atoms with Gasteiger partial charge in [-0.15, -0.1) is 0 Å². The van der Waals surface area contributed by atoms with Gasteiger partial charge in [0, 0.05) is 31.6 Å². The summed E-state index contributed by atoms with van der Waals surface area (Å²) in [6.45, 7) is 10.3. The van der Waals surface area contributed by atoms with Crippen LogP contribution in [0.15, 0.2) is 24.3 Å². The number of nitrogens with zero attached hydrogens (tertiary/aromatic N) is 1. The van der Waals surface area contributed by atoms with E-state index in [4.69, 9.17) is 0 Å². The van der Waals surface area contributed by atoms with E-state index in [1.165, 1.54) is 12.1 Å². The van der Waals surface area contributed by atoms with Gasteiger partial charge in [-0.2, -0.15) is 0 Å². The van der Waals surface area contributed by atoms with Crippen molar-refractivity contribution in [3.63, 3.8) is 0 Å². The number of unbranched alkanes of at least 4 members (excludes halogenated alkanes) is 2. The first kappa shape index (κ1) is 22.9. The minimum absolute atomic E-state index is 0.230. The first-order chi connectivity index (χ1) is 13.2. The number of carbonyl (C=O) groups is 1. The first-order valence-electron chi connectivity index (χ1n) is 10.7. The van der Waals surface area contributed by atoms with Gasteiger partial charge >= 0.3 is 0 Å². The second kappa shape index (κ2) is 10.4. The summed E-state index contributed by atoms with van der Waals surface area (Å²) in [5, 5.41) is -0.312. The van der Waals surface area contributed by atoms with Gasteiger partial charge < -0.3 is 4.90 Å². The van der Waals surface area contributed by atoms with Crippen LogP contribution in [0, 0.1) is 11.8 Å². The van der Waals surface area contributed by atoms with Crippen molar-refractivity contribution in [3.05, 3.63) is 29.8 Å². The lowest BCUT2D eigenvalue weighted by Gasteiger charge is -2.36. The van der Waals surface area contributed by atoms with Crippen molar-refractivity contribution in [3.8, 4) is 0 Å². The third-order valence-corrected chi connectivity index (χ3v) is 7.97. The lowest BCUT2D eigenvalue weighted by Crippen LogP contribution is -2.38. The fourth-order valence-electron chi connectivity index (χ4n) is 4.05. The minimum atomic E-state index is -2.96. The van der Waals surface area contributed by atoms with Crippen molar-refractivity contribution in [1.29, 1.82) is 0 Å². The van der Waals surface area contributed by atoms with Gasteiger partial charge in [0.1, 0.15) is 5.78 Å². The van der Waals surface area contributed by atoms with E-state index in [0.717, 1.165) is 43.3 Å². The van der Waals surface area contributed by atoms with Crippen LogP contribution in [0.2, 0.25) is 0 Å². The van der Waals surface area contributed by atoms with Crippen LogP contribution in [0.3, 0.4) is 0 Å². The van der Waals surface area contributed by atoms with E-state index < -0.39 is 9.84 Å². The van der Waals surface area contributed by atoms with E-state index in [2.05, 4.69) is 43.0 Å². The number of ketones is 1. The summed E-state index contributed by atoms with van der Waals surface area (Å²) in [5.41, 5.74) is 2.32. The Bertz CT molecular complexity index is 715. The molecule has 2 atom stereocenters. The van der Waals surface area contributed by atoms with Crippen LogP contribution >= 0.6 is 0 Å². The molecule has 0 spiro atoms. The zero-order valence-electron chi connectivity index (χ0n) is 18.0. The Morgan fingerprint density at radius 1 is 1.04 bits per heavy atom. The molecule has 1 aliphatic rings. The van der Waals surface area contributed by atoms with Crippen molar-refractivity contribution in [2.75, 3.05) is 23.7 Å². The molecule has 158 valence electrons. The number of anilines is 1. The van der Waals surface area contributed by atoms with E-state index in [1.807, 2.05) is 0 Å². The molecule has 4 nitrogen and oxygen atoms in total. The molecule has 0 aliphatic carbocycles. The van der Waals surface area contributed by atoms with Gasteiger partial charge in [0.05, 0.1) is 11.0 Å². The van der Waals surface area contributed by atoms with Crippen LogP contribution in [-0.4, -0.2) is 38.3 Å². The minimum Gasteiger partial charge on any atom is -0.371 e. The molecular formula is C23H37NO3S. The molecule has 28 heavy (non-hydrogen) atoms. The molecule has 5 heteroatoms. The normalized spacial score (nSPS) is 20.5. The maximum Gasteiger partial charge on any atom is 0.152 e. The SMILES string of the molecule is CC(C)S(=O)(=O)CCCCCC(=O)Cc1ccc(N2C[C@H](C)C[C@H](C)C2)cc1. The summed E-state index contributed by atoms with van der Waals surface area (Å²) >= 11 is 0. The second-order valence-corrected chi connectivity index (χ2v) is 11.6. The zero-order chi connectivity index (χ0) is 20.7. The smallest absolute Gasteiger partial charge is 0.152 e. The van der Waals surface area contributed by atoms with Crippen LogP contribution in [0.5, 0.6) is 0 Å². The Kier molecular flexibility index (Phi) is 8.54. The molecule has 0 radical (unpaired) electrons. The number of hydrogen-bond donors (Lipinski definition) is 0. The van der Waals surface area contributed by atoms with Crippen LogP contribution in [0.4, 0.5) is 5.69 Å². The lowest BCUT2D eigenvalue weighted by molar-refractivity contribution is -0.118. The van der Waals surface area contributed by atoms with E-state index in [-0.39, 0.29) is 16.8 Å². The molecule has 0 saturated carbocycles. The van der Waals surface area contributed by atoms with Crippen molar-refractivity contribution < 1.29 is 13.2 Å². The quantitative estimate of drug-likeness (QED) is 0.529. The average molecular weight is 408 g/mol. The first-order valence-corrected chi connectivity index (χ1v) is 12.5. The molecule has 1 heterocycles. The van der Waals surface area contributed by atoms with Gasteiger partial charge in [0.2, 0.25) is 0 Å². The van der Waals surface area contributed by atoms with Gasteiger partial charge in [0.15, 0.2) is 9.84 Å². The number of Topliss-reactive ketones (excluding diaryl/α,β-unsaturated/α-hetero) is 1. The monoisotopic (exact) mass is 407 g/mol. The Morgan fingerprint density at radius 2 is 1.64 bits per heavy atom. The van der Waals surface area contributed by atoms with Crippen molar-refractivity contribution in [2.24, 2.45) is 11.8 Å². The third-order valence-electron chi connectivity index (χ3n) is 5.67. The number of carbonyl (C=O) groups excluding carboxylic acids is 1.